The molecular weight excluding hydrogens is 118 g/mol. The van der Waals surface area contributed by atoms with Gasteiger partial charge in [-0.3, -0.25) is 0 Å². The second-order valence-electron chi connectivity index (χ2n) is 2.68. The summed E-state index contributed by atoms with van der Waals surface area (Å²) in [6, 6.07) is 0. The van der Waals surface area contributed by atoms with Crippen molar-refractivity contribution in [3.8, 4) is 0 Å². The first-order valence-electron chi connectivity index (χ1n) is 3.17. The van der Waals surface area contributed by atoms with E-state index in [1.807, 2.05) is 20.8 Å². The smallest absolute Gasteiger partial charge is 0.129 e. The predicted octanol–water partition coefficient (Wildman–Crippen LogP) is 0.576. The van der Waals surface area contributed by atoms with Gasteiger partial charge in [0.1, 0.15) is 6.23 Å². The van der Waals surface area contributed by atoms with Crippen molar-refractivity contribution in [1.82, 2.24) is 5.48 Å². The Hall–Kier alpha value is -0.120. The van der Waals surface area contributed by atoms with Crippen molar-refractivity contribution in [3.05, 3.63) is 0 Å². The van der Waals surface area contributed by atoms with Crippen molar-refractivity contribution in [2.45, 2.75) is 27.0 Å². The van der Waals surface area contributed by atoms with E-state index in [1.54, 1.807) is 5.48 Å². The summed E-state index contributed by atoms with van der Waals surface area (Å²) in [5.41, 5.74) is 1.80. The van der Waals surface area contributed by atoms with E-state index < -0.39 is 6.23 Å². The summed E-state index contributed by atoms with van der Waals surface area (Å²) >= 11 is 0. The van der Waals surface area contributed by atoms with Crippen LogP contribution in [0, 0.1) is 11.8 Å². The van der Waals surface area contributed by atoms with E-state index in [-0.39, 0.29) is 5.92 Å². The maximum atomic E-state index is 8.94. The first-order valence-corrected chi connectivity index (χ1v) is 3.17. The monoisotopic (exact) mass is 133 g/mol. The molecule has 0 aliphatic carbocycles. The molecule has 3 N–H and O–H groups in total. The van der Waals surface area contributed by atoms with Gasteiger partial charge in [0.15, 0.2) is 0 Å². The number of hydrogen-bond donors (Lipinski definition) is 3. The van der Waals surface area contributed by atoms with Gasteiger partial charge in [0.25, 0.3) is 0 Å². The number of aliphatic hydroxyl groups excluding tert-OH is 1. The summed E-state index contributed by atoms with van der Waals surface area (Å²) in [7, 11) is 0. The van der Waals surface area contributed by atoms with Gasteiger partial charge in [0, 0.05) is 0 Å². The summed E-state index contributed by atoms with van der Waals surface area (Å²) in [6.45, 7) is 5.86. The molecule has 0 amide bonds. The molecule has 0 aliphatic rings. The zero-order valence-corrected chi connectivity index (χ0v) is 6.13. The fourth-order valence-electron chi connectivity index (χ4n) is 0.482. The largest absolute Gasteiger partial charge is 0.376 e. The second kappa shape index (κ2) is 3.82. The molecule has 2 unspecified atom stereocenters. The third-order valence-corrected chi connectivity index (χ3v) is 1.68. The quantitative estimate of drug-likeness (QED) is 0.390. The average Bonchev–Trinajstić information content (AvgIpc) is 1.84. The van der Waals surface area contributed by atoms with Crippen molar-refractivity contribution in [2.75, 3.05) is 0 Å². The van der Waals surface area contributed by atoms with E-state index in [9.17, 15) is 0 Å². The Balaban J connectivity index is 3.58. The first-order chi connectivity index (χ1) is 4.09. The molecule has 0 radical (unpaired) electrons. The predicted molar refractivity (Wildman–Crippen MR) is 34.9 cm³/mol. The summed E-state index contributed by atoms with van der Waals surface area (Å²) < 4.78 is 0. The fourth-order valence-corrected chi connectivity index (χ4v) is 0.482. The molecule has 0 aliphatic heterocycles. The second-order valence-corrected chi connectivity index (χ2v) is 2.68. The molecule has 0 aromatic carbocycles. The first kappa shape index (κ1) is 8.88. The molecule has 0 saturated carbocycles. The van der Waals surface area contributed by atoms with E-state index >= 15 is 0 Å². The highest BCUT2D eigenvalue weighted by Crippen LogP contribution is 2.11. The maximum absolute atomic E-state index is 8.94. The van der Waals surface area contributed by atoms with Gasteiger partial charge >= 0.3 is 0 Å². The average molecular weight is 133 g/mol. The van der Waals surface area contributed by atoms with Crippen LogP contribution in [0.25, 0.3) is 0 Å². The molecule has 0 saturated heterocycles. The lowest BCUT2D eigenvalue weighted by molar-refractivity contribution is -0.0406. The zero-order chi connectivity index (χ0) is 7.44. The molecule has 0 heterocycles. The molecule has 0 bridgehead atoms. The number of nitrogens with one attached hydrogen (secondary N) is 1. The van der Waals surface area contributed by atoms with E-state index in [4.69, 9.17) is 10.3 Å². The Labute approximate surface area is 55.7 Å². The van der Waals surface area contributed by atoms with Crippen LogP contribution in [-0.2, 0) is 0 Å². The van der Waals surface area contributed by atoms with Crippen molar-refractivity contribution in [2.24, 2.45) is 11.8 Å². The molecule has 9 heavy (non-hydrogen) atoms. The van der Waals surface area contributed by atoms with E-state index in [0.717, 1.165) is 0 Å². The molecule has 0 aromatic heterocycles. The molecule has 3 nitrogen and oxygen atoms in total. The standard InChI is InChI=1S/C6H15NO2/c1-4(2)5(3)6(8)7-9/h4-9H,1-3H3. The Morgan fingerprint density at radius 2 is 1.67 bits per heavy atom. The van der Waals surface area contributed by atoms with Crippen molar-refractivity contribution in [3.63, 3.8) is 0 Å². The maximum Gasteiger partial charge on any atom is 0.129 e. The van der Waals surface area contributed by atoms with Crippen LogP contribution < -0.4 is 5.48 Å². The zero-order valence-electron chi connectivity index (χ0n) is 6.13. The summed E-state index contributed by atoms with van der Waals surface area (Å²) in [5.74, 6) is 0.453. The third kappa shape index (κ3) is 2.79. The molecule has 0 aromatic rings. The van der Waals surface area contributed by atoms with Gasteiger partial charge in [-0.05, 0) is 11.8 Å². The molecular formula is C6H15NO2. The Kier molecular flexibility index (Phi) is 3.77. The molecule has 3 heteroatoms. The van der Waals surface area contributed by atoms with Crippen LogP contribution in [0.4, 0.5) is 0 Å². The molecule has 0 rings (SSSR count). The van der Waals surface area contributed by atoms with Crippen LogP contribution in [0.1, 0.15) is 20.8 Å². The van der Waals surface area contributed by atoms with Gasteiger partial charge in [-0.2, -0.15) is 5.48 Å². The Bertz CT molecular complexity index is 75.5. The van der Waals surface area contributed by atoms with Gasteiger partial charge < -0.3 is 10.3 Å². The minimum atomic E-state index is -0.801. The summed E-state index contributed by atoms with van der Waals surface area (Å²) in [6.07, 6.45) is -0.801. The fraction of sp³-hybridized carbons (Fsp3) is 1.00. The molecule has 0 spiro atoms. The molecule has 56 valence electrons. The van der Waals surface area contributed by atoms with E-state index in [1.165, 1.54) is 0 Å². The lowest BCUT2D eigenvalue weighted by Gasteiger charge is -2.19. The van der Waals surface area contributed by atoms with Crippen LogP contribution in [0.5, 0.6) is 0 Å². The van der Waals surface area contributed by atoms with Crippen molar-refractivity contribution >= 4 is 0 Å². The lowest BCUT2D eigenvalue weighted by atomic mass is 9.97. The highest BCUT2D eigenvalue weighted by molar-refractivity contribution is 4.61. The number of hydroxylamine groups is 1. The highest BCUT2D eigenvalue weighted by Gasteiger charge is 2.15. The summed E-state index contributed by atoms with van der Waals surface area (Å²) in [4.78, 5) is 0. The van der Waals surface area contributed by atoms with Crippen LogP contribution >= 0.6 is 0 Å². The van der Waals surface area contributed by atoms with E-state index in [2.05, 4.69) is 0 Å². The normalized spacial score (nSPS) is 18.0. The minimum Gasteiger partial charge on any atom is -0.376 e. The van der Waals surface area contributed by atoms with Crippen molar-refractivity contribution in [1.29, 1.82) is 0 Å². The van der Waals surface area contributed by atoms with Crippen LogP contribution in [0.15, 0.2) is 0 Å². The summed E-state index contributed by atoms with van der Waals surface area (Å²) in [5, 5.41) is 17.2. The Morgan fingerprint density at radius 1 is 1.22 bits per heavy atom. The molecule has 2 atom stereocenters. The minimum absolute atomic E-state index is 0.0787. The Morgan fingerprint density at radius 3 is 1.78 bits per heavy atom. The highest BCUT2D eigenvalue weighted by atomic mass is 16.5. The van der Waals surface area contributed by atoms with Gasteiger partial charge in [-0.1, -0.05) is 20.8 Å². The lowest BCUT2D eigenvalue weighted by Crippen LogP contribution is -2.34. The number of hydrogen-bond acceptors (Lipinski definition) is 3. The van der Waals surface area contributed by atoms with E-state index in [0.29, 0.717) is 5.92 Å². The van der Waals surface area contributed by atoms with Gasteiger partial charge in [0.05, 0.1) is 0 Å². The number of rotatable bonds is 3. The van der Waals surface area contributed by atoms with Gasteiger partial charge in [-0.15, -0.1) is 0 Å². The molecule has 0 fully saturated rings. The van der Waals surface area contributed by atoms with Crippen LogP contribution in [-0.4, -0.2) is 16.5 Å². The number of aliphatic hydroxyl groups is 1. The van der Waals surface area contributed by atoms with Crippen LogP contribution in [0.2, 0.25) is 0 Å². The third-order valence-electron chi connectivity index (χ3n) is 1.68. The van der Waals surface area contributed by atoms with Crippen molar-refractivity contribution < 1.29 is 10.3 Å². The SMILES string of the molecule is CC(C)C(C)C(O)NO. The topological polar surface area (TPSA) is 52.5 Å². The van der Waals surface area contributed by atoms with Gasteiger partial charge in [0.2, 0.25) is 0 Å². The van der Waals surface area contributed by atoms with Crippen LogP contribution in [0.3, 0.4) is 0 Å². The van der Waals surface area contributed by atoms with Gasteiger partial charge in [-0.25, -0.2) is 0 Å².